The third-order valence-electron chi connectivity index (χ3n) is 6.77. The molecule has 0 saturated heterocycles. The molecule has 41 heavy (non-hydrogen) atoms. The number of aliphatic carboxylic acids is 1. The number of benzene rings is 2. The molecule has 0 spiro atoms. The number of pyridine rings is 1. The summed E-state index contributed by atoms with van der Waals surface area (Å²) >= 11 is 0. The Morgan fingerprint density at radius 2 is 1.83 bits per heavy atom. The Bertz CT molecular complexity index is 1560. The number of halogens is 1. The van der Waals surface area contributed by atoms with Gasteiger partial charge in [-0.05, 0) is 66.4 Å². The van der Waals surface area contributed by atoms with Crippen LogP contribution in [-0.4, -0.2) is 42.3 Å². The Kier molecular flexibility index (Phi) is 9.13. The fraction of sp³-hybridized carbons (Fsp3) is 0.241. The third kappa shape index (κ3) is 7.34. The number of carboxylic acid groups (broad SMARTS) is 1. The van der Waals surface area contributed by atoms with Crippen LogP contribution in [0.5, 0.6) is 0 Å². The summed E-state index contributed by atoms with van der Waals surface area (Å²) in [5.74, 6) is -3.53. The van der Waals surface area contributed by atoms with Crippen LogP contribution in [0.3, 0.4) is 0 Å². The quantitative estimate of drug-likeness (QED) is 0.265. The number of hydrogen-bond donors (Lipinski definition) is 4. The highest BCUT2D eigenvalue weighted by Gasteiger charge is 2.25. The molecule has 0 aliphatic heterocycles. The summed E-state index contributed by atoms with van der Waals surface area (Å²) in [6.45, 7) is 3.61. The van der Waals surface area contributed by atoms with Gasteiger partial charge in [0.05, 0.1) is 16.1 Å². The second kappa shape index (κ2) is 12.7. The second-order valence-electron chi connectivity index (χ2n) is 9.65. The standard InChI is InChI=1S/C29H29FN4O6S/c1-2-19-15-23(28(36)33-26(29(37)38)14-18-6-5-13-31-17-18)24(30)16-25(19)34-41(39,40)22-11-9-21(10-12-22)32-27(35)20-7-3-4-8-20/h2,5-6,9-13,15-17,20,26,34H,1,3-4,7-8,14H2,(H,32,35)(H,33,36)(H,37,38)/t26-/m0/s1. The van der Waals surface area contributed by atoms with E-state index in [4.69, 9.17) is 0 Å². The Labute approximate surface area is 236 Å². The van der Waals surface area contributed by atoms with E-state index in [9.17, 15) is 27.9 Å². The molecule has 1 aromatic heterocycles. The Balaban J connectivity index is 1.48. The Morgan fingerprint density at radius 3 is 2.44 bits per heavy atom. The van der Waals surface area contributed by atoms with Gasteiger partial charge >= 0.3 is 5.97 Å². The summed E-state index contributed by atoms with van der Waals surface area (Å²) in [5, 5.41) is 14.6. The van der Waals surface area contributed by atoms with Gasteiger partial charge in [0.2, 0.25) is 5.91 Å². The van der Waals surface area contributed by atoms with Crippen LogP contribution in [0.2, 0.25) is 0 Å². The SMILES string of the molecule is C=Cc1cc(C(=O)N[C@@H](Cc2cccnc2)C(=O)O)c(F)cc1NS(=O)(=O)c1ccc(NC(=O)C2CCCC2)cc1. The number of carbonyl (C=O) groups is 3. The first-order valence-electron chi connectivity index (χ1n) is 12.9. The maximum absolute atomic E-state index is 15.0. The van der Waals surface area contributed by atoms with E-state index in [-0.39, 0.29) is 34.4 Å². The van der Waals surface area contributed by atoms with E-state index >= 15 is 4.39 Å². The van der Waals surface area contributed by atoms with Gasteiger partial charge in [0, 0.05) is 30.4 Å². The second-order valence-corrected chi connectivity index (χ2v) is 11.3. The van der Waals surface area contributed by atoms with Crippen molar-refractivity contribution in [2.24, 2.45) is 5.92 Å². The Hall–Kier alpha value is -4.58. The van der Waals surface area contributed by atoms with Crippen LogP contribution in [0.4, 0.5) is 15.8 Å². The number of hydrogen-bond acceptors (Lipinski definition) is 6. The lowest BCUT2D eigenvalue weighted by Gasteiger charge is -2.17. The van der Waals surface area contributed by atoms with Gasteiger partial charge < -0.3 is 15.7 Å². The molecule has 12 heteroatoms. The van der Waals surface area contributed by atoms with Gasteiger partial charge in [-0.15, -0.1) is 0 Å². The van der Waals surface area contributed by atoms with Crippen molar-refractivity contribution < 1.29 is 32.3 Å². The molecular formula is C29H29FN4O6S. The van der Waals surface area contributed by atoms with E-state index in [0.29, 0.717) is 11.3 Å². The van der Waals surface area contributed by atoms with Crippen LogP contribution in [0, 0.1) is 11.7 Å². The maximum Gasteiger partial charge on any atom is 0.326 e. The van der Waals surface area contributed by atoms with Crippen LogP contribution >= 0.6 is 0 Å². The van der Waals surface area contributed by atoms with E-state index in [2.05, 4.69) is 26.9 Å². The first kappa shape index (κ1) is 29.4. The topological polar surface area (TPSA) is 155 Å². The summed E-state index contributed by atoms with van der Waals surface area (Å²) in [7, 11) is -4.18. The van der Waals surface area contributed by atoms with Gasteiger partial charge in [0.15, 0.2) is 0 Å². The number of carbonyl (C=O) groups excluding carboxylic acids is 2. The van der Waals surface area contributed by atoms with Gasteiger partial charge in [0.1, 0.15) is 11.9 Å². The fourth-order valence-electron chi connectivity index (χ4n) is 4.57. The highest BCUT2D eigenvalue weighted by molar-refractivity contribution is 7.92. The maximum atomic E-state index is 15.0. The first-order valence-corrected chi connectivity index (χ1v) is 14.4. The summed E-state index contributed by atoms with van der Waals surface area (Å²) in [6, 6.07) is 9.38. The predicted octanol–water partition coefficient (Wildman–Crippen LogP) is 4.22. The summed E-state index contributed by atoms with van der Waals surface area (Å²) in [5.41, 5.74) is 0.457. The van der Waals surface area contributed by atoms with Crippen molar-refractivity contribution in [1.82, 2.24) is 10.3 Å². The molecule has 0 bridgehead atoms. The number of sulfonamides is 1. The smallest absolute Gasteiger partial charge is 0.326 e. The lowest BCUT2D eigenvalue weighted by molar-refractivity contribution is -0.139. The van der Waals surface area contributed by atoms with Crippen molar-refractivity contribution in [1.29, 1.82) is 0 Å². The number of nitrogens with zero attached hydrogens (tertiary/aromatic N) is 1. The number of rotatable bonds is 11. The van der Waals surface area contributed by atoms with E-state index in [1.54, 1.807) is 12.1 Å². The number of nitrogens with one attached hydrogen (secondary N) is 3. The van der Waals surface area contributed by atoms with Crippen LogP contribution in [-0.2, 0) is 26.0 Å². The molecule has 4 rings (SSSR count). The molecule has 4 N–H and O–H groups in total. The van der Waals surface area contributed by atoms with Crippen molar-refractivity contribution in [2.45, 2.75) is 43.0 Å². The molecule has 1 saturated carbocycles. The van der Waals surface area contributed by atoms with Crippen LogP contribution in [0.1, 0.15) is 47.2 Å². The minimum atomic E-state index is -4.18. The van der Waals surface area contributed by atoms with E-state index in [1.807, 2.05) is 0 Å². The van der Waals surface area contributed by atoms with E-state index < -0.39 is 39.3 Å². The molecule has 1 heterocycles. The molecule has 2 aromatic carbocycles. The normalized spacial score (nSPS) is 14.2. The van der Waals surface area contributed by atoms with Gasteiger partial charge in [-0.1, -0.05) is 31.6 Å². The minimum Gasteiger partial charge on any atom is -0.480 e. The molecule has 1 aliphatic rings. The van der Waals surface area contributed by atoms with Crippen molar-refractivity contribution in [3.05, 3.63) is 90.0 Å². The zero-order valence-electron chi connectivity index (χ0n) is 22.0. The Morgan fingerprint density at radius 1 is 1.12 bits per heavy atom. The summed E-state index contributed by atoms with van der Waals surface area (Å²) in [4.78, 5) is 40.7. The molecule has 1 aliphatic carbocycles. The van der Waals surface area contributed by atoms with Crippen molar-refractivity contribution in [3.8, 4) is 0 Å². The van der Waals surface area contributed by atoms with E-state index in [0.717, 1.165) is 37.8 Å². The molecular weight excluding hydrogens is 551 g/mol. The molecule has 10 nitrogen and oxygen atoms in total. The van der Waals surface area contributed by atoms with Gasteiger partial charge in [-0.2, -0.15) is 0 Å². The van der Waals surface area contributed by atoms with Crippen molar-refractivity contribution in [2.75, 3.05) is 10.0 Å². The molecule has 1 atom stereocenters. The largest absolute Gasteiger partial charge is 0.480 e. The highest BCUT2D eigenvalue weighted by atomic mass is 32.2. The van der Waals surface area contributed by atoms with Crippen LogP contribution < -0.4 is 15.4 Å². The first-order chi connectivity index (χ1) is 19.6. The van der Waals surface area contributed by atoms with Crippen molar-refractivity contribution >= 4 is 45.3 Å². The molecule has 0 unspecified atom stereocenters. The van der Waals surface area contributed by atoms with Crippen LogP contribution in [0.25, 0.3) is 6.08 Å². The zero-order chi connectivity index (χ0) is 29.6. The molecule has 2 amide bonds. The number of amides is 2. The van der Waals surface area contributed by atoms with E-state index in [1.165, 1.54) is 42.7 Å². The molecule has 214 valence electrons. The highest BCUT2D eigenvalue weighted by Crippen LogP contribution is 2.28. The predicted molar refractivity (Wildman–Crippen MR) is 151 cm³/mol. The summed E-state index contributed by atoms with van der Waals surface area (Å²) < 4.78 is 43.4. The molecule has 0 radical (unpaired) electrons. The average molecular weight is 581 g/mol. The van der Waals surface area contributed by atoms with Gasteiger partial charge in [-0.25, -0.2) is 17.6 Å². The van der Waals surface area contributed by atoms with Gasteiger partial charge in [-0.3, -0.25) is 19.3 Å². The molecule has 3 aromatic rings. The van der Waals surface area contributed by atoms with Crippen LogP contribution in [0.15, 0.2) is 72.4 Å². The number of anilines is 2. The van der Waals surface area contributed by atoms with Crippen molar-refractivity contribution in [3.63, 3.8) is 0 Å². The lowest BCUT2D eigenvalue weighted by atomic mass is 10.0. The zero-order valence-corrected chi connectivity index (χ0v) is 22.8. The molecule has 1 fully saturated rings. The monoisotopic (exact) mass is 580 g/mol. The minimum absolute atomic E-state index is 0.0477. The number of aromatic nitrogens is 1. The lowest BCUT2D eigenvalue weighted by Crippen LogP contribution is -2.42. The van der Waals surface area contributed by atoms with Gasteiger partial charge in [0.25, 0.3) is 15.9 Å². The third-order valence-corrected chi connectivity index (χ3v) is 8.15. The average Bonchev–Trinajstić information content (AvgIpc) is 3.49. The summed E-state index contributed by atoms with van der Waals surface area (Å²) in [6.07, 6.45) is 7.81. The fourth-order valence-corrected chi connectivity index (χ4v) is 5.64. The number of carboxylic acids is 1.